The highest BCUT2D eigenvalue weighted by Gasteiger charge is 2.46. The molecule has 32 heavy (non-hydrogen) atoms. The summed E-state index contributed by atoms with van der Waals surface area (Å²) in [7, 11) is 0. The summed E-state index contributed by atoms with van der Waals surface area (Å²) in [6, 6.07) is 17.6. The van der Waals surface area contributed by atoms with Crippen LogP contribution in [0, 0.1) is 6.92 Å². The van der Waals surface area contributed by atoms with Gasteiger partial charge in [0.1, 0.15) is 5.76 Å². The van der Waals surface area contributed by atoms with Gasteiger partial charge in [-0.15, -0.1) is 0 Å². The first-order valence-electron chi connectivity index (χ1n) is 10.3. The van der Waals surface area contributed by atoms with E-state index in [2.05, 4.69) is 18.0 Å². The first kappa shape index (κ1) is 20.2. The zero-order valence-corrected chi connectivity index (χ0v) is 18.3. The summed E-state index contributed by atoms with van der Waals surface area (Å²) >= 11 is 1.36. The van der Waals surface area contributed by atoms with Gasteiger partial charge in [0.05, 0.1) is 21.8 Å². The normalized spacial score (nSPS) is 16.4. The third-order valence-electron chi connectivity index (χ3n) is 5.59. The van der Waals surface area contributed by atoms with E-state index in [1.165, 1.54) is 21.8 Å². The summed E-state index contributed by atoms with van der Waals surface area (Å²) in [5.41, 5.74) is 2.63. The van der Waals surface area contributed by atoms with Crippen LogP contribution in [0.15, 0.2) is 76.4 Å². The van der Waals surface area contributed by atoms with Crippen molar-refractivity contribution in [3.8, 4) is 0 Å². The Bertz CT molecular complexity index is 1380. The molecule has 1 aliphatic heterocycles. The van der Waals surface area contributed by atoms with Crippen LogP contribution in [0.5, 0.6) is 0 Å². The predicted octanol–water partition coefficient (Wildman–Crippen LogP) is 5.54. The molecule has 0 spiro atoms. The van der Waals surface area contributed by atoms with Crippen LogP contribution >= 0.6 is 11.3 Å². The third kappa shape index (κ3) is 3.22. The van der Waals surface area contributed by atoms with Crippen LogP contribution in [-0.4, -0.2) is 21.8 Å². The van der Waals surface area contributed by atoms with Gasteiger partial charge in [-0.25, -0.2) is 4.98 Å². The number of rotatable bonds is 5. The molecule has 1 aliphatic rings. The van der Waals surface area contributed by atoms with Crippen molar-refractivity contribution in [3.63, 3.8) is 0 Å². The second kappa shape index (κ2) is 7.76. The Morgan fingerprint density at radius 2 is 1.94 bits per heavy atom. The molecule has 2 aromatic heterocycles. The minimum atomic E-state index is -0.812. The Morgan fingerprint density at radius 3 is 2.62 bits per heavy atom. The largest absolute Gasteiger partial charge is 0.503 e. The van der Waals surface area contributed by atoms with Crippen LogP contribution in [0.1, 0.15) is 40.4 Å². The number of aromatic nitrogens is 1. The number of furan rings is 1. The zero-order valence-electron chi connectivity index (χ0n) is 17.5. The highest BCUT2D eigenvalue weighted by atomic mass is 32.1. The van der Waals surface area contributed by atoms with Gasteiger partial charge in [0.2, 0.25) is 5.78 Å². The molecule has 0 unspecified atom stereocenters. The van der Waals surface area contributed by atoms with Crippen LogP contribution < -0.4 is 4.90 Å². The number of aryl methyl sites for hydroxylation is 2. The summed E-state index contributed by atoms with van der Waals surface area (Å²) in [6.45, 7) is 3.81. The number of fused-ring (bicyclic) bond motifs is 1. The van der Waals surface area contributed by atoms with Crippen molar-refractivity contribution in [2.45, 2.75) is 26.3 Å². The summed E-state index contributed by atoms with van der Waals surface area (Å²) in [5.74, 6) is -1.10. The molecule has 2 aromatic carbocycles. The fraction of sp³-hybridized carbons (Fsp3) is 0.160. The maximum atomic E-state index is 13.3. The quantitative estimate of drug-likeness (QED) is 0.409. The standard InChI is InChI=1S/C25H20N2O4S/c1-3-15-10-11-17-19(13-15)32-25(26-17)27-21(16-7-5-4-6-8-16)20(23(29)24(27)30)22(28)18-12-9-14(2)31-18/h4-13,21,29H,3H2,1-2H3/t21-/m1/s1. The molecule has 6 nitrogen and oxygen atoms in total. The number of amides is 1. The molecular formula is C25H20N2O4S. The Labute approximate surface area is 188 Å². The molecule has 1 N–H and O–H groups in total. The highest BCUT2D eigenvalue weighted by molar-refractivity contribution is 7.22. The van der Waals surface area contributed by atoms with Crippen molar-refractivity contribution >= 4 is 38.4 Å². The molecule has 3 heterocycles. The molecule has 0 bridgehead atoms. The van der Waals surface area contributed by atoms with E-state index in [4.69, 9.17) is 4.42 Å². The Morgan fingerprint density at radius 1 is 1.16 bits per heavy atom. The fourth-order valence-corrected chi connectivity index (χ4v) is 5.01. The van der Waals surface area contributed by atoms with E-state index < -0.39 is 23.5 Å². The first-order valence-corrected chi connectivity index (χ1v) is 11.1. The van der Waals surface area contributed by atoms with Gasteiger partial charge in [-0.1, -0.05) is 54.7 Å². The van der Waals surface area contributed by atoms with Crippen molar-refractivity contribution in [2.24, 2.45) is 0 Å². The average Bonchev–Trinajstić information content (AvgIpc) is 3.49. The average molecular weight is 445 g/mol. The smallest absolute Gasteiger partial charge is 0.296 e. The molecule has 1 atom stereocenters. The van der Waals surface area contributed by atoms with Gasteiger partial charge >= 0.3 is 0 Å². The minimum absolute atomic E-state index is 0.0101. The van der Waals surface area contributed by atoms with Crippen LogP contribution in [0.25, 0.3) is 10.2 Å². The van der Waals surface area contributed by atoms with Crippen molar-refractivity contribution in [1.29, 1.82) is 0 Å². The van der Waals surface area contributed by atoms with Gasteiger partial charge < -0.3 is 9.52 Å². The number of Topliss-reactive ketones (excluding diaryl/α,β-unsaturated/α-hetero) is 1. The zero-order chi connectivity index (χ0) is 22.4. The van der Waals surface area contributed by atoms with Gasteiger partial charge in [0.15, 0.2) is 16.7 Å². The van der Waals surface area contributed by atoms with E-state index in [1.54, 1.807) is 19.1 Å². The first-order chi connectivity index (χ1) is 15.5. The number of thiazole rings is 1. The molecule has 5 rings (SSSR count). The van der Waals surface area contributed by atoms with E-state index >= 15 is 0 Å². The van der Waals surface area contributed by atoms with Crippen LogP contribution in [0.2, 0.25) is 0 Å². The fourth-order valence-electron chi connectivity index (χ4n) is 3.95. The molecule has 160 valence electrons. The van der Waals surface area contributed by atoms with E-state index in [1.807, 2.05) is 42.5 Å². The minimum Gasteiger partial charge on any atom is -0.503 e. The van der Waals surface area contributed by atoms with Gasteiger partial charge in [-0.05, 0) is 48.7 Å². The van der Waals surface area contributed by atoms with Crippen LogP contribution in [-0.2, 0) is 11.2 Å². The molecule has 0 radical (unpaired) electrons. The van der Waals surface area contributed by atoms with Gasteiger partial charge in [-0.2, -0.15) is 0 Å². The SMILES string of the molecule is CCc1ccc2nc(N3C(=O)C(O)=C(C(=O)c4ccc(C)o4)[C@H]3c3ccccc3)sc2c1. The van der Waals surface area contributed by atoms with Crippen molar-refractivity contribution in [1.82, 2.24) is 4.98 Å². The van der Waals surface area contributed by atoms with Gasteiger partial charge in [0, 0.05) is 0 Å². The Balaban J connectivity index is 1.66. The van der Waals surface area contributed by atoms with Crippen molar-refractivity contribution < 1.29 is 19.1 Å². The molecule has 0 fully saturated rings. The summed E-state index contributed by atoms with van der Waals surface area (Å²) in [6.07, 6.45) is 0.891. The summed E-state index contributed by atoms with van der Waals surface area (Å²) in [4.78, 5) is 32.6. The molecule has 0 saturated heterocycles. The maximum Gasteiger partial charge on any atom is 0.296 e. The van der Waals surface area contributed by atoms with E-state index in [9.17, 15) is 14.7 Å². The number of carbonyl (C=O) groups excluding carboxylic acids is 2. The topological polar surface area (TPSA) is 83.6 Å². The number of hydrogen-bond donors (Lipinski definition) is 1. The lowest BCUT2D eigenvalue weighted by molar-refractivity contribution is -0.117. The molecular weight excluding hydrogens is 424 g/mol. The second-order valence-corrected chi connectivity index (χ2v) is 8.65. The maximum absolute atomic E-state index is 13.3. The highest BCUT2D eigenvalue weighted by Crippen LogP contribution is 2.44. The number of benzene rings is 2. The summed E-state index contributed by atoms with van der Waals surface area (Å²) in [5, 5.41) is 11.2. The molecule has 0 aliphatic carbocycles. The number of anilines is 1. The predicted molar refractivity (Wildman–Crippen MR) is 123 cm³/mol. The number of aliphatic hydroxyl groups is 1. The van der Waals surface area contributed by atoms with Crippen LogP contribution in [0.4, 0.5) is 5.13 Å². The molecule has 7 heteroatoms. The lowest BCUT2D eigenvalue weighted by Crippen LogP contribution is -2.30. The molecule has 4 aromatic rings. The number of ketones is 1. The van der Waals surface area contributed by atoms with E-state index in [0.717, 1.165) is 16.6 Å². The number of aliphatic hydroxyl groups excluding tert-OH is 1. The third-order valence-corrected chi connectivity index (χ3v) is 6.61. The number of hydrogen-bond acceptors (Lipinski definition) is 6. The van der Waals surface area contributed by atoms with Gasteiger partial charge in [0.25, 0.3) is 5.91 Å². The second-order valence-electron chi connectivity index (χ2n) is 7.64. The molecule has 0 saturated carbocycles. The van der Waals surface area contributed by atoms with Crippen molar-refractivity contribution in [3.05, 3.63) is 94.6 Å². The monoisotopic (exact) mass is 444 g/mol. The van der Waals surface area contributed by atoms with E-state index in [-0.39, 0.29) is 11.3 Å². The lowest BCUT2D eigenvalue weighted by atomic mass is 9.95. The number of carbonyl (C=O) groups is 2. The Kier molecular flexibility index (Phi) is 4.90. The van der Waals surface area contributed by atoms with Crippen LogP contribution in [0.3, 0.4) is 0 Å². The molecule has 1 amide bonds. The van der Waals surface area contributed by atoms with E-state index in [0.29, 0.717) is 16.5 Å². The Hall–Kier alpha value is -3.71. The van der Waals surface area contributed by atoms with Gasteiger partial charge in [-0.3, -0.25) is 14.5 Å². The number of nitrogens with zero attached hydrogens (tertiary/aromatic N) is 2. The lowest BCUT2D eigenvalue weighted by Gasteiger charge is -2.24. The summed E-state index contributed by atoms with van der Waals surface area (Å²) < 4.78 is 6.45. The van der Waals surface area contributed by atoms with Crippen molar-refractivity contribution in [2.75, 3.05) is 4.90 Å².